The molecule has 0 aliphatic heterocycles. The van der Waals surface area contributed by atoms with Gasteiger partial charge in [0.25, 0.3) is 0 Å². The molecule has 0 N–H and O–H groups in total. The number of hydrogen-bond donors (Lipinski definition) is 0. The molecule has 0 saturated heterocycles. The summed E-state index contributed by atoms with van der Waals surface area (Å²) in [5.41, 5.74) is 1.36. The molecule has 0 spiro atoms. The molecule has 0 radical (unpaired) electrons. The van der Waals surface area contributed by atoms with Crippen LogP contribution in [0.2, 0.25) is 0 Å². The quantitative estimate of drug-likeness (QED) is 0.117. The van der Waals surface area contributed by atoms with Crippen molar-refractivity contribution < 1.29 is 33.4 Å². The Balaban J connectivity index is 2.03. The van der Waals surface area contributed by atoms with Crippen molar-refractivity contribution in [1.82, 2.24) is 0 Å². The van der Waals surface area contributed by atoms with Crippen LogP contribution in [0.5, 0.6) is 0 Å². The Bertz CT molecular complexity index is 951. The van der Waals surface area contributed by atoms with Crippen LogP contribution in [0.15, 0.2) is 23.8 Å². The first-order valence-corrected chi connectivity index (χ1v) is 13.3. The molecule has 7 nitrogen and oxygen atoms in total. The zero-order valence-electron chi connectivity index (χ0n) is 23.1. The van der Waals surface area contributed by atoms with E-state index in [1.807, 2.05) is 13.0 Å². The summed E-state index contributed by atoms with van der Waals surface area (Å²) < 4.78 is 16.4. The lowest BCUT2D eigenvalue weighted by Gasteiger charge is -2.23. The molecular weight excluding hydrogens is 472 g/mol. The van der Waals surface area contributed by atoms with Gasteiger partial charge >= 0.3 is 17.9 Å². The first-order valence-electron chi connectivity index (χ1n) is 13.3. The standard InChI is InChI=1S/C30H42O7/c1-7-8-11-19(2)28(36-22(5)32)15-14-26-27-17-24(16-25(27)18-29(26)37-23(6)33)12-9-10-13-30(34)35-21(4)20(3)31/h12,14-15,19,21,25-29H,9-11,13,16-18H2,1-6H3/b15-14+,24-12+/t19?,21-,25+,26-,27+,28-,29-/m1/s1. The summed E-state index contributed by atoms with van der Waals surface area (Å²) in [6.45, 7) is 9.64. The zero-order chi connectivity index (χ0) is 27.5. The van der Waals surface area contributed by atoms with Gasteiger partial charge in [-0.3, -0.25) is 19.2 Å². The van der Waals surface area contributed by atoms with Crippen molar-refractivity contribution in [3.05, 3.63) is 23.8 Å². The number of ether oxygens (including phenoxy) is 3. The van der Waals surface area contributed by atoms with E-state index >= 15 is 0 Å². The van der Waals surface area contributed by atoms with Gasteiger partial charge in [0.05, 0.1) is 0 Å². The minimum atomic E-state index is -0.696. The normalized spacial score (nSPS) is 26.1. The lowest BCUT2D eigenvalue weighted by molar-refractivity contribution is -0.153. The van der Waals surface area contributed by atoms with Crippen molar-refractivity contribution in [3.63, 3.8) is 0 Å². The molecule has 1 unspecified atom stereocenters. The minimum Gasteiger partial charge on any atom is -0.462 e. The van der Waals surface area contributed by atoms with Gasteiger partial charge in [-0.05, 0) is 70.8 Å². The number of carbonyl (C=O) groups is 4. The van der Waals surface area contributed by atoms with Crippen molar-refractivity contribution in [2.75, 3.05) is 0 Å². The van der Waals surface area contributed by atoms with E-state index in [0.29, 0.717) is 24.7 Å². The van der Waals surface area contributed by atoms with E-state index in [1.165, 1.54) is 26.3 Å². The van der Waals surface area contributed by atoms with E-state index in [9.17, 15) is 19.2 Å². The fourth-order valence-corrected chi connectivity index (χ4v) is 5.30. The molecule has 2 aliphatic rings. The third-order valence-electron chi connectivity index (χ3n) is 7.29. The number of rotatable bonds is 12. The van der Waals surface area contributed by atoms with Crippen LogP contribution in [-0.2, 0) is 33.4 Å². The Morgan fingerprint density at radius 2 is 1.78 bits per heavy atom. The van der Waals surface area contributed by atoms with Gasteiger partial charge in [0, 0.05) is 38.5 Å². The minimum absolute atomic E-state index is 0.0427. The lowest BCUT2D eigenvalue weighted by Crippen LogP contribution is -2.25. The Kier molecular flexibility index (Phi) is 12.1. The monoisotopic (exact) mass is 514 g/mol. The SMILES string of the molecule is CC#CCC(C)[C@@H](/C=C/[C@@H]1[C@H]2C/C(=C/CCCC(=O)O[C@H](C)C(C)=O)C[C@H]2C[C@H]1OC(C)=O)OC(C)=O. The van der Waals surface area contributed by atoms with Gasteiger partial charge in [-0.1, -0.05) is 24.6 Å². The average Bonchev–Trinajstić information content (AvgIpc) is 3.34. The molecule has 2 rings (SSSR count). The summed E-state index contributed by atoms with van der Waals surface area (Å²) in [7, 11) is 0. The predicted octanol–water partition coefficient (Wildman–Crippen LogP) is 5.12. The third-order valence-corrected chi connectivity index (χ3v) is 7.29. The van der Waals surface area contributed by atoms with Crippen LogP contribution in [0.3, 0.4) is 0 Å². The maximum Gasteiger partial charge on any atom is 0.306 e. The van der Waals surface area contributed by atoms with Crippen LogP contribution in [0.4, 0.5) is 0 Å². The molecule has 204 valence electrons. The Morgan fingerprint density at radius 3 is 2.41 bits per heavy atom. The van der Waals surface area contributed by atoms with Crippen LogP contribution < -0.4 is 0 Å². The second-order valence-corrected chi connectivity index (χ2v) is 10.4. The molecule has 0 aromatic rings. The van der Waals surface area contributed by atoms with E-state index < -0.39 is 12.2 Å². The number of unbranched alkanes of at least 4 members (excludes halogenated alkanes) is 1. The van der Waals surface area contributed by atoms with E-state index in [4.69, 9.17) is 14.2 Å². The molecule has 7 heteroatoms. The highest BCUT2D eigenvalue weighted by Crippen LogP contribution is 2.51. The number of allylic oxidation sites excluding steroid dienone is 2. The van der Waals surface area contributed by atoms with E-state index in [0.717, 1.165) is 25.7 Å². The second kappa shape index (κ2) is 14.8. The Labute approximate surface area is 221 Å². The van der Waals surface area contributed by atoms with Crippen molar-refractivity contribution in [3.8, 4) is 11.8 Å². The summed E-state index contributed by atoms with van der Waals surface area (Å²) in [5.74, 6) is 5.67. The van der Waals surface area contributed by atoms with Gasteiger partial charge in [0.1, 0.15) is 12.2 Å². The van der Waals surface area contributed by atoms with E-state index in [1.54, 1.807) is 13.8 Å². The second-order valence-electron chi connectivity index (χ2n) is 10.4. The molecular formula is C30H42O7. The number of hydrogen-bond acceptors (Lipinski definition) is 7. The molecule has 0 aromatic carbocycles. The van der Waals surface area contributed by atoms with Gasteiger partial charge in [-0.25, -0.2) is 0 Å². The molecule has 2 saturated carbocycles. The highest BCUT2D eigenvalue weighted by molar-refractivity contribution is 5.83. The van der Waals surface area contributed by atoms with Crippen molar-refractivity contribution in [2.24, 2.45) is 23.7 Å². The molecule has 0 amide bonds. The van der Waals surface area contributed by atoms with Crippen molar-refractivity contribution >= 4 is 23.7 Å². The number of fused-ring (bicyclic) bond motifs is 1. The molecule has 0 aromatic heterocycles. The number of carbonyl (C=O) groups excluding carboxylic acids is 4. The summed E-state index contributed by atoms with van der Waals surface area (Å²) in [5, 5.41) is 0. The van der Waals surface area contributed by atoms with E-state index in [2.05, 4.69) is 24.0 Å². The Hall–Kier alpha value is -2.88. The zero-order valence-corrected chi connectivity index (χ0v) is 23.1. The maximum absolute atomic E-state index is 11.9. The number of Topliss-reactive ketones (excluding diaryl/α,β-unsaturated/α-hetero) is 1. The van der Waals surface area contributed by atoms with Gasteiger partial charge in [0.2, 0.25) is 0 Å². The molecule has 37 heavy (non-hydrogen) atoms. The highest BCUT2D eigenvalue weighted by atomic mass is 16.6. The van der Waals surface area contributed by atoms with Crippen LogP contribution in [0.1, 0.15) is 86.5 Å². The van der Waals surface area contributed by atoms with Crippen LogP contribution in [0.25, 0.3) is 0 Å². The Morgan fingerprint density at radius 1 is 1.05 bits per heavy atom. The van der Waals surface area contributed by atoms with Crippen LogP contribution >= 0.6 is 0 Å². The van der Waals surface area contributed by atoms with Gasteiger partial charge in [-0.15, -0.1) is 11.8 Å². The summed E-state index contributed by atoms with van der Waals surface area (Å²) in [6.07, 6.45) is 9.99. The molecule has 2 aliphatic carbocycles. The fourth-order valence-electron chi connectivity index (χ4n) is 5.30. The molecule has 0 bridgehead atoms. The van der Waals surface area contributed by atoms with Gasteiger partial charge in [-0.2, -0.15) is 0 Å². The highest BCUT2D eigenvalue weighted by Gasteiger charge is 2.47. The average molecular weight is 515 g/mol. The molecule has 7 atom stereocenters. The summed E-state index contributed by atoms with van der Waals surface area (Å²) in [6, 6.07) is 0. The van der Waals surface area contributed by atoms with Gasteiger partial charge < -0.3 is 14.2 Å². The van der Waals surface area contributed by atoms with Gasteiger partial charge in [0.15, 0.2) is 11.9 Å². The van der Waals surface area contributed by atoms with E-state index in [-0.39, 0.29) is 48.1 Å². The fraction of sp³-hybridized carbons (Fsp3) is 0.667. The summed E-state index contributed by atoms with van der Waals surface area (Å²) >= 11 is 0. The first-order chi connectivity index (χ1) is 17.5. The smallest absolute Gasteiger partial charge is 0.306 e. The lowest BCUT2D eigenvalue weighted by atomic mass is 9.89. The third kappa shape index (κ3) is 9.83. The number of ketones is 1. The predicted molar refractivity (Wildman–Crippen MR) is 140 cm³/mol. The van der Waals surface area contributed by atoms with Crippen LogP contribution in [-0.4, -0.2) is 42.0 Å². The number of esters is 3. The molecule has 0 heterocycles. The van der Waals surface area contributed by atoms with Crippen molar-refractivity contribution in [1.29, 1.82) is 0 Å². The maximum atomic E-state index is 11.9. The van der Waals surface area contributed by atoms with Crippen LogP contribution in [0, 0.1) is 35.5 Å². The topological polar surface area (TPSA) is 96.0 Å². The molecule has 2 fully saturated rings. The summed E-state index contributed by atoms with van der Waals surface area (Å²) in [4.78, 5) is 46.6. The van der Waals surface area contributed by atoms with Crippen molar-refractivity contribution in [2.45, 2.75) is 105 Å². The largest absolute Gasteiger partial charge is 0.462 e. The first kappa shape index (κ1) is 30.3.